The molecule has 6 heteroatoms. The topological polar surface area (TPSA) is 67.4 Å². The smallest absolute Gasteiger partial charge is 0.220 e. The minimum atomic E-state index is -0.360. The third kappa shape index (κ3) is 14.5. The quantitative estimate of drug-likeness (QED) is 0.240. The van der Waals surface area contributed by atoms with E-state index in [4.69, 9.17) is 4.74 Å². The molecule has 5 nitrogen and oxygen atoms in total. The van der Waals surface area contributed by atoms with E-state index in [1.54, 1.807) is 0 Å². The Morgan fingerprint density at radius 1 is 0.968 bits per heavy atom. The number of nitrogens with one attached hydrogen (secondary N) is 2. The molecule has 0 aromatic rings. The zero-order valence-electron chi connectivity index (χ0n) is 22.0. The fourth-order valence-corrected chi connectivity index (χ4v) is 3.56. The second-order valence-electron chi connectivity index (χ2n) is 11.8. The summed E-state index contributed by atoms with van der Waals surface area (Å²) in [6.45, 7) is 24.5. The number of rotatable bonds is 14. The molecule has 0 heterocycles. The van der Waals surface area contributed by atoms with Crippen LogP contribution in [0.4, 0.5) is 0 Å². The molecule has 0 aromatic heterocycles. The van der Waals surface area contributed by atoms with Crippen molar-refractivity contribution in [3.63, 3.8) is 0 Å². The zero-order valence-corrected chi connectivity index (χ0v) is 24.9. The largest absolute Gasteiger partial charge is 0.549 e. The van der Waals surface area contributed by atoms with Crippen molar-refractivity contribution in [3.8, 4) is 0 Å². The molecule has 0 saturated heterocycles. The van der Waals surface area contributed by atoms with E-state index in [2.05, 4.69) is 66.0 Å². The molecule has 0 aliphatic carbocycles. The number of amides is 2. The Morgan fingerprint density at radius 2 is 1.52 bits per heavy atom. The summed E-state index contributed by atoms with van der Waals surface area (Å²) in [5.74, 6) is 1.07. The molecular formula is C25H49CmN2O3-. The van der Waals surface area contributed by atoms with E-state index in [9.17, 15) is 9.59 Å². The van der Waals surface area contributed by atoms with Gasteiger partial charge in [0, 0.05) is 25.1 Å². The molecule has 0 radical (unpaired) electrons. The second kappa shape index (κ2) is 12.7. The van der Waals surface area contributed by atoms with Crippen LogP contribution in [0.25, 0.3) is 0 Å². The van der Waals surface area contributed by atoms with Crippen LogP contribution in [0.1, 0.15) is 102 Å². The minimum Gasteiger partial charge on any atom is -0.549 e. The van der Waals surface area contributed by atoms with Crippen LogP contribution in [-0.2, 0) is 14.3 Å². The van der Waals surface area contributed by atoms with Gasteiger partial charge in [-0.05, 0) is 49.4 Å². The zero-order chi connectivity index (χ0) is 23.8. The maximum Gasteiger partial charge on any atom is 0.220 e. The molecule has 0 unspecified atom stereocenters. The molecule has 0 fully saturated rings. The number of hydrogen-bond donors (Lipinski definition) is 2. The van der Waals surface area contributed by atoms with Gasteiger partial charge in [0.05, 0.1) is 0 Å². The molecule has 0 saturated carbocycles. The predicted octanol–water partition coefficient (Wildman–Crippen LogP) is 5.49. The van der Waals surface area contributed by atoms with Gasteiger partial charge >= 0.3 is 0 Å². The Labute approximate surface area is 186 Å². The first-order valence-corrected chi connectivity index (χ1v) is 11.5. The summed E-state index contributed by atoms with van der Waals surface area (Å²) in [4.78, 5) is 24.6. The standard InChI is InChI=1S/C25H49N2O3.Cm/c1-18(2)16-26-21(28)14-20(5)30-13-12-25(10,11)27-22(29)15-23(6,7)17-24(8,9)19(3)4;/h18-19H,12-17H2,1-11H3,(H,26,28)(H,27,29);/q-1;. The van der Waals surface area contributed by atoms with Crippen molar-refractivity contribution in [2.24, 2.45) is 22.7 Å². The van der Waals surface area contributed by atoms with Crippen LogP contribution in [0.15, 0.2) is 0 Å². The molecular weight excluding hydrogens is 623 g/mol. The molecule has 0 aliphatic rings. The van der Waals surface area contributed by atoms with Crippen LogP contribution < -0.4 is 10.6 Å². The first-order chi connectivity index (χ1) is 13.5. The molecule has 0 rings (SSSR count). The van der Waals surface area contributed by atoms with E-state index in [0.29, 0.717) is 43.9 Å². The van der Waals surface area contributed by atoms with Crippen molar-refractivity contribution in [1.82, 2.24) is 10.6 Å². The first-order valence-electron chi connectivity index (χ1n) is 11.5. The second-order valence-corrected chi connectivity index (χ2v) is 11.8. The van der Waals surface area contributed by atoms with E-state index < -0.39 is 0 Å². The predicted molar refractivity (Wildman–Crippen MR) is 126 cm³/mol. The van der Waals surface area contributed by atoms with Gasteiger partial charge in [-0.1, -0.05) is 61.8 Å². The average Bonchev–Trinajstić information content (AvgIpc) is 2.49. The van der Waals surface area contributed by atoms with E-state index in [1.807, 2.05) is 20.8 Å². The summed E-state index contributed by atoms with van der Waals surface area (Å²) < 4.78 is 5.73. The normalized spacial score (nSPS) is 12.8. The average molecular weight is 673 g/mol. The molecule has 0 spiro atoms. The van der Waals surface area contributed by atoms with Crippen molar-refractivity contribution < 1.29 is 14.3 Å². The number of carbonyl (C=O) groups excluding carboxylic acids is 2. The summed E-state index contributed by atoms with van der Waals surface area (Å²) >= 11 is 0. The molecule has 186 valence electrons. The molecule has 2 amide bonds. The van der Waals surface area contributed by atoms with Gasteiger partial charge in [0.1, 0.15) is 0 Å². The van der Waals surface area contributed by atoms with Crippen LogP contribution in [0, 0.1) is 28.8 Å². The van der Waals surface area contributed by atoms with Crippen molar-refractivity contribution in [2.45, 2.75) is 107 Å². The SMILES string of the molecule is C[C-](CC(=O)NCC(C)C)OCCC(C)(C)NC(=O)CC(C)(C)CC(C)(C)C(C)C.[Cm]. The summed E-state index contributed by atoms with van der Waals surface area (Å²) in [6, 6.07) is 0. The van der Waals surface area contributed by atoms with Gasteiger partial charge in [-0.3, -0.25) is 9.59 Å². The van der Waals surface area contributed by atoms with Crippen molar-refractivity contribution in [3.05, 3.63) is 6.10 Å². The monoisotopic (exact) mass is 668 g/mol. The maximum atomic E-state index is 12.7. The Hall–Kier alpha value is -2.10. The van der Waals surface area contributed by atoms with Crippen LogP contribution in [0.3, 0.4) is 0 Å². The molecule has 0 atom stereocenters. The molecule has 0 aromatic carbocycles. The first kappa shape index (κ1) is 31.1. The van der Waals surface area contributed by atoms with Crippen LogP contribution in [-0.4, -0.2) is 30.5 Å². The van der Waals surface area contributed by atoms with Gasteiger partial charge in [-0.25, -0.2) is 0 Å². The minimum absolute atomic E-state index is 0. The van der Waals surface area contributed by atoms with Gasteiger partial charge < -0.3 is 15.4 Å². The van der Waals surface area contributed by atoms with Crippen molar-refractivity contribution in [1.29, 1.82) is 0 Å². The van der Waals surface area contributed by atoms with Crippen molar-refractivity contribution in [2.75, 3.05) is 13.2 Å². The molecule has 0 aliphatic heterocycles. The fourth-order valence-electron chi connectivity index (χ4n) is 3.56. The van der Waals surface area contributed by atoms with Crippen molar-refractivity contribution >= 4 is 11.8 Å². The van der Waals surface area contributed by atoms with E-state index in [-0.39, 0.29) is 34.6 Å². The third-order valence-corrected chi connectivity index (χ3v) is 5.81. The van der Waals surface area contributed by atoms with Gasteiger partial charge in [-0.2, -0.15) is 13.0 Å². The Balaban J connectivity index is 0. The Bertz CT molecular complexity index is 543. The Morgan fingerprint density at radius 3 is 2.00 bits per heavy atom. The molecule has 0 bridgehead atoms. The summed E-state index contributed by atoms with van der Waals surface area (Å²) in [6.07, 6.45) is 3.17. The van der Waals surface area contributed by atoms with E-state index in [0.717, 1.165) is 6.42 Å². The summed E-state index contributed by atoms with van der Waals surface area (Å²) in [7, 11) is 0. The summed E-state index contributed by atoms with van der Waals surface area (Å²) in [5, 5.41) is 6.06. The summed E-state index contributed by atoms with van der Waals surface area (Å²) in [5.41, 5.74) is -0.221. The van der Waals surface area contributed by atoms with Gasteiger partial charge in [0.15, 0.2) is 5.91 Å². The molecule has 2 N–H and O–H groups in total. The number of hydrogen-bond acceptors (Lipinski definition) is 3. The number of ether oxygens (including phenoxy) is 1. The molecule has 31 heavy (non-hydrogen) atoms. The van der Waals surface area contributed by atoms with E-state index in [1.165, 1.54) is 0 Å². The number of carbonyl (C=O) groups is 2. The van der Waals surface area contributed by atoms with Gasteiger partial charge in [0.25, 0.3) is 0 Å². The maximum absolute atomic E-state index is 12.7. The van der Waals surface area contributed by atoms with Crippen LogP contribution >= 0.6 is 0 Å². The van der Waals surface area contributed by atoms with Gasteiger partial charge in [0.2, 0.25) is 5.91 Å². The van der Waals surface area contributed by atoms with Gasteiger partial charge in [-0.15, -0.1) is 0 Å². The van der Waals surface area contributed by atoms with Crippen LogP contribution in [0.5, 0.6) is 0 Å². The van der Waals surface area contributed by atoms with E-state index >= 15 is 0 Å². The fraction of sp³-hybridized carbons (Fsp3) is 0.880. The third-order valence-electron chi connectivity index (χ3n) is 5.81. The Kier molecular flexibility index (Phi) is 12.7. The van der Waals surface area contributed by atoms with Crippen LogP contribution in [0.2, 0.25) is 0 Å².